The fourth-order valence-electron chi connectivity index (χ4n) is 1.79. The molecule has 0 N–H and O–H groups in total. The molecule has 5 nitrogen and oxygen atoms in total. The van der Waals surface area contributed by atoms with Crippen molar-refractivity contribution >= 4 is 17.7 Å². The second-order valence-corrected chi connectivity index (χ2v) is 4.60. The molecule has 0 spiro atoms. The topological polar surface area (TPSA) is 69.7 Å². The molecule has 0 fully saturated rings. The molecule has 0 aromatic heterocycles. The van der Waals surface area contributed by atoms with E-state index in [1.54, 1.807) is 13.8 Å². The third-order valence-electron chi connectivity index (χ3n) is 2.84. The van der Waals surface area contributed by atoms with Crippen molar-refractivity contribution in [1.82, 2.24) is 0 Å². The van der Waals surface area contributed by atoms with Crippen LogP contribution in [0.1, 0.15) is 25.8 Å². The van der Waals surface area contributed by atoms with Gasteiger partial charge in [0, 0.05) is 12.8 Å². The predicted molar refractivity (Wildman–Crippen MR) is 81.1 cm³/mol. The molecule has 124 valence electrons. The Morgan fingerprint density at radius 3 is 2.00 bits per heavy atom. The van der Waals surface area contributed by atoms with Crippen LogP contribution < -0.4 is 0 Å². The maximum absolute atomic E-state index is 12.8. The standard InChI is InChI=1S/C17H19FO5/c1-3-22-16(20)15(17(21)23-4-2)10-9-14(19)11-12-5-7-13(18)8-6-12/h5-8,10H,3-4,9,11H2,1-2H3. The number of benzene rings is 1. The smallest absolute Gasteiger partial charge is 0.345 e. The van der Waals surface area contributed by atoms with Gasteiger partial charge in [-0.1, -0.05) is 18.2 Å². The number of carbonyl (C=O) groups is 3. The summed E-state index contributed by atoms with van der Waals surface area (Å²) in [5.74, 6) is -2.24. The Bertz CT molecular complexity index is 570. The third-order valence-corrected chi connectivity index (χ3v) is 2.84. The summed E-state index contributed by atoms with van der Waals surface area (Å²) in [6, 6.07) is 5.55. The zero-order valence-electron chi connectivity index (χ0n) is 13.1. The number of esters is 2. The number of allylic oxidation sites excluding steroid dienone is 1. The average molecular weight is 322 g/mol. The van der Waals surface area contributed by atoms with E-state index in [1.807, 2.05) is 0 Å². The Balaban J connectivity index is 2.74. The van der Waals surface area contributed by atoms with Gasteiger partial charge in [-0.3, -0.25) is 4.79 Å². The minimum Gasteiger partial charge on any atom is -0.462 e. The van der Waals surface area contributed by atoms with Gasteiger partial charge in [-0.25, -0.2) is 14.0 Å². The van der Waals surface area contributed by atoms with Crippen LogP contribution in [0.25, 0.3) is 0 Å². The lowest BCUT2D eigenvalue weighted by Crippen LogP contribution is -2.19. The second kappa shape index (κ2) is 9.50. The number of carbonyl (C=O) groups excluding carboxylic acids is 3. The summed E-state index contributed by atoms with van der Waals surface area (Å²) in [5, 5.41) is 0. The minimum absolute atomic E-state index is 0.0791. The lowest BCUT2D eigenvalue weighted by atomic mass is 10.1. The molecule has 1 aromatic rings. The molecule has 0 unspecified atom stereocenters. The van der Waals surface area contributed by atoms with Crippen molar-refractivity contribution in [1.29, 1.82) is 0 Å². The zero-order valence-corrected chi connectivity index (χ0v) is 13.1. The lowest BCUT2D eigenvalue weighted by Gasteiger charge is -2.06. The molecule has 0 aliphatic heterocycles. The highest BCUT2D eigenvalue weighted by molar-refractivity contribution is 6.14. The highest BCUT2D eigenvalue weighted by Gasteiger charge is 2.21. The molecule has 0 saturated heterocycles. The molecule has 1 rings (SSSR count). The maximum atomic E-state index is 12.8. The van der Waals surface area contributed by atoms with Crippen molar-refractivity contribution < 1.29 is 28.2 Å². The highest BCUT2D eigenvalue weighted by atomic mass is 19.1. The molecule has 0 atom stereocenters. The van der Waals surface area contributed by atoms with E-state index in [2.05, 4.69) is 0 Å². The summed E-state index contributed by atoms with van der Waals surface area (Å²) in [7, 11) is 0. The third kappa shape index (κ3) is 6.42. The van der Waals surface area contributed by atoms with Crippen molar-refractivity contribution in [3.05, 3.63) is 47.3 Å². The molecule has 0 aliphatic rings. The molecule has 6 heteroatoms. The normalized spacial score (nSPS) is 9.87. The van der Waals surface area contributed by atoms with Gasteiger partial charge >= 0.3 is 11.9 Å². The summed E-state index contributed by atoms with van der Waals surface area (Å²) >= 11 is 0. The van der Waals surface area contributed by atoms with Gasteiger partial charge in [-0.15, -0.1) is 0 Å². The van der Waals surface area contributed by atoms with Crippen LogP contribution in [0.5, 0.6) is 0 Å². The van der Waals surface area contributed by atoms with Gasteiger partial charge in [0.1, 0.15) is 17.2 Å². The molecule has 0 bridgehead atoms. The summed E-state index contributed by atoms with van der Waals surface area (Å²) in [5.41, 5.74) is 0.361. The van der Waals surface area contributed by atoms with Crippen LogP contribution in [0.3, 0.4) is 0 Å². The Morgan fingerprint density at radius 2 is 1.52 bits per heavy atom. The van der Waals surface area contributed by atoms with Gasteiger partial charge in [0.25, 0.3) is 0 Å². The van der Waals surface area contributed by atoms with E-state index >= 15 is 0 Å². The SMILES string of the molecule is CCOC(=O)C(=CCC(=O)Cc1ccc(F)cc1)C(=O)OCC. The molecule has 0 heterocycles. The van der Waals surface area contributed by atoms with Crippen molar-refractivity contribution in [3.63, 3.8) is 0 Å². The molecule has 0 saturated carbocycles. The number of ketones is 1. The fraction of sp³-hybridized carbons (Fsp3) is 0.353. The van der Waals surface area contributed by atoms with Crippen LogP contribution in [0.15, 0.2) is 35.9 Å². The number of halogens is 1. The first kappa shape index (κ1) is 18.5. The highest BCUT2D eigenvalue weighted by Crippen LogP contribution is 2.08. The molecular weight excluding hydrogens is 303 g/mol. The van der Waals surface area contributed by atoms with Gasteiger partial charge in [0.15, 0.2) is 0 Å². The second-order valence-electron chi connectivity index (χ2n) is 4.60. The first-order valence-corrected chi connectivity index (χ1v) is 7.28. The van der Waals surface area contributed by atoms with E-state index in [0.29, 0.717) is 5.56 Å². The van der Waals surface area contributed by atoms with Crippen molar-refractivity contribution in [2.24, 2.45) is 0 Å². The number of hydrogen-bond donors (Lipinski definition) is 0. The van der Waals surface area contributed by atoms with Gasteiger partial charge in [-0.2, -0.15) is 0 Å². The van der Waals surface area contributed by atoms with Crippen molar-refractivity contribution in [2.75, 3.05) is 13.2 Å². The van der Waals surface area contributed by atoms with Crippen molar-refractivity contribution in [2.45, 2.75) is 26.7 Å². The quantitative estimate of drug-likeness (QED) is 0.318. The van der Waals surface area contributed by atoms with Gasteiger partial charge in [-0.05, 0) is 31.5 Å². The zero-order chi connectivity index (χ0) is 17.2. The Morgan fingerprint density at radius 1 is 1.00 bits per heavy atom. The molecule has 1 aromatic carbocycles. The van der Waals surface area contributed by atoms with Crippen molar-refractivity contribution in [3.8, 4) is 0 Å². The number of Topliss-reactive ketones (excluding diaryl/α,β-unsaturated/α-hetero) is 1. The van der Waals surface area contributed by atoms with Crippen LogP contribution >= 0.6 is 0 Å². The van der Waals surface area contributed by atoms with Crippen LogP contribution in [0.4, 0.5) is 4.39 Å². The van der Waals surface area contributed by atoms with E-state index in [-0.39, 0.29) is 43.2 Å². The van der Waals surface area contributed by atoms with Gasteiger partial charge in [0.05, 0.1) is 13.2 Å². The van der Waals surface area contributed by atoms with Crippen LogP contribution in [0, 0.1) is 5.82 Å². The summed E-state index contributed by atoms with van der Waals surface area (Å²) in [6.45, 7) is 3.44. The monoisotopic (exact) mass is 322 g/mol. The largest absolute Gasteiger partial charge is 0.462 e. The Labute approximate surface area is 134 Å². The van der Waals surface area contributed by atoms with Gasteiger partial charge in [0.2, 0.25) is 0 Å². The summed E-state index contributed by atoms with van der Waals surface area (Å²) in [4.78, 5) is 35.4. The van der Waals surface area contributed by atoms with E-state index in [9.17, 15) is 18.8 Å². The average Bonchev–Trinajstić information content (AvgIpc) is 2.50. The number of hydrogen-bond acceptors (Lipinski definition) is 5. The van der Waals surface area contributed by atoms with E-state index in [4.69, 9.17) is 9.47 Å². The first-order valence-electron chi connectivity index (χ1n) is 7.28. The summed E-state index contributed by atoms with van der Waals surface area (Å²) < 4.78 is 22.4. The van der Waals surface area contributed by atoms with E-state index in [1.165, 1.54) is 30.3 Å². The molecular formula is C17H19FO5. The molecule has 0 radical (unpaired) electrons. The number of ether oxygens (including phenoxy) is 2. The van der Waals surface area contributed by atoms with Crippen LogP contribution in [-0.4, -0.2) is 30.9 Å². The van der Waals surface area contributed by atoms with E-state index in [0.717, 1.165) is 0 Å². The lowest BCUT2D eigenvalue weighted by molar-refractivity contribution is -0.146. The fourth-order valence-corrected chi connectivity index (χ4v) is 1.79. The number of rotatable bonds is 8. The van der Waals surface area contributed by atoms with Gasteiger partial charge < -0.3 is 9.47 Å². The molecule has 0 amide bonds. The minimum atomic E-state index is -0.819. The first-order chi connectivity index (χ1) is 11.0. The van der Waals surface area contributed by atoms with Crippen LogP contribution in [-0.2, 0) is 30.3 Å². The van der Waals surface area contributed by atoms with Crippen LogP contribution in [0.2, 0.25) is 0 Å². The van der Waals surface area contributed by atoms with E-state index < -0.39 is 11.9 Å². The Kier molecular flexibility index (Phi) is 7.66. The molecule has 0 aliphatic carbocycles. The summed E-state index contributed by atoms with van der Waals surface area (Å²) in [6.07, 6.45) is 1.17. The maximum Gasteiger partial charge on any atom is 0.345 e. The Hall–Kier alpha value is -2.50. The predicted octanol–water partition coefficient (Wildman–Crippen LogP) is 2.38. The molecule has 23 heavy (non-hydrogen) atoms.